The molecule has 1 heterocycles. The second-order valence-corrected chi connectivity index (χ2v) is 3.96. The molecule has 0 aliphatic heterocycles. The van der Waals surface area contributed by atoms with Gasteiger partial charge in [-0.25, -0.2) is 0 Å². The van der Waals surface area contributed by atoms with E-state index in [1.807, 2.05) is 24.3 Å². The molecule has 0 radical (unpaired) electrons. The quantitative estimate of drug-likeness (QED) is 0.706. The molecule has 0 spiro atoms. The zero-order chi connectivity index (χ0) is 9.97. The standard InChI is InChI=1S/C11H10O2S/c1-13-11(12)6-10-9-5-3-2-4-8(9)7-14-10/h2-5,7H,6H2,1H3. The summed E-state index contributed by atoms with van der Waals surface area (Å²) >= 11 is 1.61. The SMILES string of the molecule is COC(=O)Cc1scc2ccccc12. The van der Waals surface area contributed by atoms with Crippen LogP contribution in [0.4, 0.5) is 0 Å². The maximum atomic E-state index is 11.1. The number of benzene rings is 1. The molecular weight excluding hydrogens is 196 g/mol. The van der Waals surface area contributed by atoms with Crippen molar-refractivity contribution in [2.75, 3.05) is 7.11 Å². The van der Waals surface area contributed by atoms with Gasteiger partial charge in [-0.2, -0.15) is 0 Å². The Balaban J connectivity index is 2.38. The molecule has 2 nitrogen and oxygen atoms in total. The molecule has 1 aromatic carbocycles. The normalized spacial score (nSPS) is 10.4. The Morgan fingerprint density at radius 1 is 1.43 bits per heavy atom. The number of ether oxygens (including phenoxy) is 1. The van der Waals surface area contributed by atoms with Crippen molar-refractivity contribution in [2.24, 2.45) is 0 Å². The van der Waals surface area contributed by atoms with E-state index < -0.39 is 0 Å². The van der Waals surface area contributed by atoms with Crippen molar-refractivity contribution in [1.29, 1.82) is 0 Å². The fourth-order valence-corrected chi connectivity index (χ4v) is 2.38. The zero-order valence-corrected chi connectivity index (χ0v) is 8.64. The highest BCUT2D eigenvalue weighted by molar-refractivity contribution is 7.11. The third kappa shape index (κ3) is 1.63. The molecule has 0 saturated carbocycles. The van der Waals surface area contributed by atoms with E-state index in [4.69, 9.17) is 0 Å². The summed E-state index contributed by atoms with van der Waals surface area (Å²) in [5, 5.41) is 4.41. The monoisotopic (exact) mass is 206 g/mol. The first-order valence-electron chi connectivity index (χ1n) is 4.33. The van der Waals surface area contributed by atoms with Gasteiger partial charge in [0.1, 0.15) is 0 Å². The maximum absolute atomic E-state index is 11.1. The fourth-order valence-electron chi connectivity index (χ4n) is 1.39. The number of esters is 1. The van der Waals surface area contributed by atoms with E-state index in [1.165, 1.54) is 12.5 Å². The third-order valence-electron chi connectivity index (χ3n) is 2.12. The van der Waals surface area contributed by atoms with E-state index >= 15 is 0 Å². The van der Waals surface area contributed by atoms with Crippen LogP contribution in [0, 0.1) is 0 Å². The van der Waals surface area contributed by atoms with Gasteiger partial charge in [-0.1, -0.05) is 24.3 Å². The number of hydrogen-bond donors (Lipinski definition) is 0. The van der Waals surface area contributed by atoms with Crippen LogP contribution in [0.3, 0.4) is 0 Å². The van der Waals surface area contributed by atoms with Crippen molar-refractivity contribution in [3.63, 3.8) is 0 Å². The van der Waals surface area contributed by atoms with Crippen LogP contribution in [-0.2, 0) is 16.0 Å². The number of methoxy groups -OCH3 is 1. The number of carbonyl (C=O) groups excluding carboxylic acids is 1. The maximum Gasteiger partial charge on any atom is 0.310 e. The van der Waals surface area contributed by atoms with E-state index in [0.29, 0.717) is 6.42 Å². The average molecular weight is 206 g/mol. The Hall–Kier alpha value is -1.35. The second kappa shape index (κ2) is 3.80. The molecule has 0 fully saturated rings. The smallest absolute Gasteiger partial charge is 0.310 e. The van der Waals surface area contributed by atoms with Crippen molar-refractivity contribution in [3.8, 4) is 0 Å². The van der Waals surface area contributed by atoms with Crippen LogP contribution < -0.4 is 0 Å². The van der Waals surface area contributed by atoms with Crippen molar-refractivity contribution in [2.45, 2.75) is 6.42 Å². The van der Waals surface area contributed by atoms with Crippen molar-refractivity contribution in [3.05, 3.63) is 34.5 Å². The summed E-state index contributed by atoms with van der Waals surface area (Å²) in [7, 11) is 1.41. The average Bonchev–Trinajstić information content (AvgIpc) is 2.62. The highest BCUT2D eigenvalue weighted by atomic mass is 32.1. The Bertz CT molecular complexity index is 459. The summed E-state index contributed by atoms with van der Waals surface area (Å²) in [5.41, 5.74) is 0. The van der Waals surface area contributed by atoms with Gasteiger partial charge in [-0.15, -0.1) is 11.3 Å². The molecular formula is C11H10O2S. The summed E-state index contributed by atoms with van der Waals surface area (Å²) in [6, 6.07) is 8.06. The van der Waals surface area contributed by atoms with Gasteiger partial charge in [0.2, 0.25) is 0 Å². The number of fused-ring (bicyclic) bond motifs is 1. The minimum absolute atomic E-state index is 0.183. The Kier molecular flexibility index (Phi) is 2.50. The molecule has 0 bridgehead atoms. The van der Waals surface area contributed by atoms with Gasteiger partial charge in [0.15, 0.2) is 0 Å². The molecule has 0 amide bonds. The Labute approximate surface area is 86.1 Å². The molecule has 3 heteroatoms. The van der Waals surface area contributed by atoms with Crippen LogP contribution in [0.2, 0.25) is 0 Å². The van der Waals surface area contributed by atoms with Crippen LogP contribution in [0.15, 0.2) is 29.6 Å². The molecule has 2 aromatic rings. The second-order valence-electron chi connectivity index (χ2n) is 3.00. The number of rotatable bonds is 2. The number of hydrogen-bond acceptors (Lipinski definition) is 3. The van der Waals surface area contributed by atoms with E-state index in [9.17, 15) is 4.79 Å². The van der Waals surface area contributed by atoms with Gasteiger partial charge in [0.05, 0.1) is 13.5 Å². The fraction of sp³-hybridized carbons (Fsp3) is 0.182. The summed E-state index contributed by atoms with van der Waals surface area (Å²) in [5.74, 6) is -0.183. The van der Waals surface area contributed by atoms with Gasteiger partial charge in [0, 0.05) is 4.88 Å². The van der Waals surface area contributed by atoms with Crippen LogP contribution in [0.5, 0.6) is 0 Å². The van der Waals surface area contributed by atoms with Gasteiger partial charge in [-0.3, -0.25) is 4.79 Å². The lowest BCUT2D eigenvalue weighted by Crippen LogP contribution is -2.02. The minimum Gasteiger partial charge on any atom is -0.469 e. The molecule has 0 aliphatic rings. The van der Waals surface area contributed by atoms with Gasteiger partial charge >= 0.3 is 5.97 Å². The van der Waals surface area contributed by atoms with Gasteiger partial charge in [-0.05, 0) is 16.2 Å². The first kappa shape index (κ1) is 9.21. The summed E-state index contributed by atoms with van der Waals surface area (Å²) in [6.45, 7) is 0. The van der Waals surface area contributed by atoms with E-state index in [-0.39, 0.29) is 5.97 Å². The molecule has 0 saturated heterocycles. The lowest BCUT2D eigenvalue weighted by molar-refractivity contribution is -0.139. The van der Waals surface area contributed by atoms with Crippen molar-refractivity contribution in [1.82, 2.24) is 0 Å². The number of thiophene rings is 1. The van der Waals surface area contributed by atoms with Crippen molar-refractivity contribution >= 4 is 28.1 Å². The first-order chi connectivity index (χ1) is 6.81. The highest BCUT2D eigenvalue weighted by Crippen LogP contribution is 2.25. The lowest BCUT2D eigenvalue weighted by atomic mass is 10.1. The molecule has 0 N–H and O–H groups in total. The predicted molar refractivity (Wildman–Crippen MR) is 57.5 cm³/mol. The van der Waals surface area contributed by atoms with Crippen LogP contribution in [0.1, 0.15) is 4.88 Å². The molecule has 0 atom stereocenters. The van der Waals surface area contributed by atoms with Crippen molar-refractivity contribution < 1.29 is 9.53 Å². The molecule has 0 aliphatic carbocycles. The summed E-state index contributed by atoms with van der Waals surface area (Å²) < 4.78 is 4.64. The van der Waals surface area contributed by atoms with Crippen LogP contribution in [0.25, 0.3) is 10.8 Å². The van der Waals surface area contributed by atoms with E-state index in [1.54, 1.807) is 11.3 Å². The first-order valence-corrected chi connectivity index (χ1v) is 5.21. The lowest BCUT2D eigenvalue weighted by Gasteiger charge is -1.97. The molecule has 1 aromatic heterocycles. The Morgan fingerprint density at radius 3 is 3.00 bits per heavy atom. The summed E-state index contributed by atoms with van der Waals surface area (Å²) in [4.78, 5) is 12.2. The predicted octanol–water partition coefficient (Wildman–Crippen LogP) is 2.62. The topological polar surface area (TPSA) is 26.3 Å². The molecule has 0 unspecified atom stereocenters. The van der Waals surface area contributed by atoms with Gasteiger partial charge in [0.25, 0.3) is 0 Å². The number of carbonyl (C=O) groups is 1. The van der Waals surface area contributed by atoms with E-state index in [0.717, 1.165) is 10.3 Å². The zero-order valence-electron chi connectivity index (χ0n) is 7.82. The van der Waals surface area contributed by atoms with Gasteiger partial charge < -0.3 is 4.74 Å². The minimum atomic E-state index is -0.183. The Morgan fingerprint density at radius 2 is 2.21 bits per heavy atom. The molecule has 72 valence electrons. The molecule has 2 rings (SSSR count). The van der Waals surface area contributed by atoms with Crippen LogP contribution in [-0.4, -0.2) is 13.1 Å². The highest BCUT2D eigenvalue weighted by Gasteiger charge is 2.08. The largest absolute Gasteiger partial charge is 0.469 e. The third-order valence-corrected chi connectivity index (χ3v) is 3.14. The summed E-state index contributed by atoms with van der Waals surface area (Å²) in [6.07, 6.45) is 0.370. The van der Waals surface area contributed by atoms with E-state index in [2.05, 4.69) is 10.1 Å². The molecule has 14 heavy (non-hydrogen) atoms. The van der Waals surface area contributed by atoms with Crippen LogP contribution >= 0.6 is 11.3 Å².